The predicted molar refractivity (Wildman–Crippen MR) is 95.5 cm³/mol. The molecule has 2 atom stereocenters. The summed E-state index contributed by atoms with van der Waals surface area (Å²) in [4.78, 5) is 18.6. The summed E-state index contributed by atoms with van der Waals surface area (Å²) in [5, 5.41) is 0. The number of nitrogens with one attached hydrogen (secondary N) is 1. The van der Waals surface area contributed by atoms with E-state index in [1.54, 1.807) is 12.4 Å². The molecule has 1 aliphatic carbocycles. The Bertz CT molecular complexity index is 633. The van der Waals surface area contributed by atoms with Gasteiger partial charge in [0.1, 0.15) is 0 Å². The van der Waals surface area contributed by atoms with E-state index in [-0.39, 0.29) is 28.2 Å². The molecule has 1 N–H and O–H groups in total. The molecule has 3 aliphatic rings. The Hall–Kier alpha value is -1.27. The Morgan fingerprint density at radius 1 is 1.29 bits per heavy atom. The summed E-state index contributed by atoms with van der Waals surface area (Å²) in [6.07, 6.45) is 7.26. The number of nitrogens with zero attached hydrogens (tertiary/aromatic N) is 2. The third-order valence-electron chi connectivity index (χ3n) is 5.56. The Morgan fingerprint density at radius 3 is 2.42 bits per heavy atom. The van der Waals surface area contributed by atoms with Crippen LogP contribution in [-0.2, 0) is 15.8 Å². The summed E-state index contributed by atoms with van der Waals surface area (Å²) in [6, 6.07) is 3.77. The molecule has 132 valence electrons. The van der Waals surface area contributed by atoms with Crippen LogP contribution in [0.5, 0.6) is 0 Å². The zero-order chi connectivity index (χ0) is 17.5. The van der Waals surface area contributed by atoms with Crippen molar-refractivity contribution in [2.45, 2.75) is 62.8 Å². The first-order chi connectivity index (χ1) is 11.3. The average molecular weight is 350 g/mol. The van der Waals surface area contributed by atoms with Crippen LogP contribution < -0.4 is 4.72 Å². The maximum Gasteiger partial charge on any atom is 0.225 e. The zero-order valence-corrected chi connectivity index (χ0v) is 15.7. The van der Waals surface area contributed by atoms with E-state index in [1.165, 1.54) is 0 Å². The van der Waals surface area contributed by atoms with Crippen molar-refractivity contribution in [3.63, 3.8) is 0 Å². The highest BCUT2D eigenvalue weighted by molar-refractivity contribution is 7.84. The summed E-state index contributed by atoms with van der Waals surface area (Å²) < 4.78 is 15.8. The van der Waals surface area contributed by atoms with Crippen LogP contribution in [0.25, 0.3) is 0 Å². The van der Waals surface area contributed by atoms with E-state index in [0.717, 1.165) is 31.2 Å². The number of aromatic nitrogens is 1. The molecule has 0 spiro atoms. The number of hydrogen-bond acceptors (Lipinski definition) is 3. The molecular formula is C18H27N3O2S. The predicted octanol–water partition coefficient (Wildman–Crippen LogP) is 2.58. The number of fused-ring (bicyclic) bond motifs is 3. The highest BCUT2D eigenvalue weighted by Gasteiger charge is 2.54. The number of piperidine rings is 2. The SMILES string of the molecule is CN1C(=O)C2CCC1([C@H](N[S@](=O)C(C)(C)C)c1ccncc1)CC2. The van der Waals surface area contributed by atoms with E-state index >= 15 is 0 Å². The second-order valence-electron chi connectivity index (χ2n) is 7.99. The normalized spacial score (nSPS) is 29.6. The molecule has 0 unspecified atom stereocenters. The van der Waals surface area contributed by atoms with E-state index in [2.05, 4.69) is 9.71 Å². The summed E-state index contributed by atoms with van der Waals surface area (Å²) in [5.74, 6) is 0.401. The van der Waals surface area contributed by atoms with E-state index in [1.807, 2.05) is 44.9 Å². The average Bonchev–Trinajstić information content (AvgIpc) is 2.57. The molecule has 0 aromatic carbocycles. The lowest BCUT2D eigenvalue weighted by molar-refractivity contribution is -0.155. The number of pyridine rings is 1. The zero-order valence-electron chi connectivity index (χ0n) is 14.9. The smallest absolute Gasteiger partial charge is 0.225 e. The van der Waals surface area contributed by atoms with Crippen molar-refractivity contribution >= 4 is 16.9 Å². The lowest BCUT2D eigenvalue weighted by atomic mass is 9.66. The molecule has 6 heteroatoms. The second kappa shape index (κ2) is 6.23. The van der Waals surface area contributed by atoms with E-state index in [4.69, 9.17) is 0 Å². The number of hydrogen-bond donors (Lipinski definition) is 1. The van der Waals surface area contributed by atoms with Crippen LogP contribution in [0.4, 0.5) is 0 Å². The van der Waals surface area contributed by atoms with E-state index < -0.39 is 11.0 Å². The molecule has 1 aromatic heterocycles. The maximum absolute atomic E-state index is 12.8. The molecule has 1 saturated carbocycles. The lowest BCUT2D eigenvalue weighted by Gasteiger charge is -2.56. The number of carbonyl (C=O) groups is 1. The van der Waals surface area contributed by atoms with Crippen molar-refractivity contribution < 1.29 is 9.00 Å². The molecule has 2 aliphatic heterocycles. The lowest BCUT2D eigenvalue weighted by Crippen LogP contribution is -2.65. The first-order valence-electron chi connectivity index (χ1n) is 8.61. The molecule has 1 aromatic rings. The Kier molecular flexibility index (Phi) is 4.55. The van der Waals surface area contributed by atoms with Gasteiger partial charge in [0, 0.05) is 25.4 Å². The van der Waals surface area contributed by atoms with Crippen molar-refractivity contribution in [3.05, 3.63) is 30.1 Å². The summed E-state index contributed by atoms with van der Waals surface area (Å²) in [5.41, 5.74) is 0.733. The Labute approximate surface area is 146 Å². The van der Waals surface area contributed by atoms with Crippen molar-refractivity contribution in [1.29, 1.82) is 0 Å². The van der Waals surface area contributed by atoms with Crippen LogP contribution in [-0.4, -0.2) is 37.3 Å². The van der Waals surface area contributed by atoms with Crippen molar-refractivity contribution in [2.75, 3.05) is 7.05 Å². The molecule has 3 fully saturated rings. The maximum atomic E-state index is 12.8. The summed E-state index contributed by atoms with van der Waals surface area (Å²) in [6.45, 7) is 5.89. The highest BCUT2D eigenvalue weighted by Crippen LogP contribution is 2.49. The van der Waals surface area contributed by atoms with Gasteiger partial charge in [-0.1, -0.05) is 0 Å². The van der Waals surface area contributed by atoms with Gasteiger partial charge in [0.25, 0.3) is 0 Å². The van der Waals surface area contributed by atoms with E-state index in [9.17, 15) is 9.00 Å². The number of amides is 1. The molecule has 3 heterocycles. The summed E-state index contributed by atoms with van der Waals surface area (Å²) >= 11 is 0. The molecule has 2 bridgehead atoms. The quantitative estimate of drug-likeness (QED) is 0.909. The Balaban J connectivity index is 2.01. The van der Waals surface area contributed by atoms with Gasteiger partial charge < -0.3 is 4.90 Å². The fraction of sp³-hybridized carbons (Fsp3) is 0.667. The van der Waals surface area contributed by atoms with Gasteiger partial charge in [0.15, 0.2) is 0 Å². The fourth-order valence-corrected chi connectivity index (χ4v) is 4.93. The summed E-state index contributed by atoms with van der Waals surface area (Å²) in [7, 11) is 0.692. The minimum Gasteiger partial charge on any atom is -0.338 e. The number of likely N-dealkylation sites (N-methyl/N-ethyl adjacent to an activating group) is 1. The van der Waals surface area contributed by atoms with Crippen LogP contribution in [0.2, 0.25) is 0 Å². The first kappa shape index (κ1) is 17.5. The van der Waals surface area contributed by atoms with Crippen LogP contribution in [0, 0.1) is 5.92 Å². The van der Waals surface area contributed by atoms with Crippen LogP contribution in [0.1, 0.15) is 58.1 Å². The third kappa shape index (κ3) is 2.90. The van der Waals surface area contributed by atoms with Crippen molar-refractivity contribution in [3.8, 4) is 0 Å². The van der Waals surface area contributed by atoms with Crippen LogP contribution in [0.3, 0.4) is 0 Å². The number of carbonyl (C=O) groups excluding carboxylic acids is 1. The van der Waals surface area contributed by atoms with Crippen molar-refractivity contribution in [2.24, 2.45) is 5.92 Å². The molecule has 1 amide bonds. The van der Waals surface area contributed by atoms with Gasteiger partial charge in [0.2, 0.25) is 5.91 Å². The van der Waals surface area contributed by atoms with Gasteiger partial charge in [-0.05, 0) is 64.2 Å². The third-order valence-corrected chi connectivity index (χ3v) is 7.12. The molecular weight excluding hydrogens is 322 g/mol. The van der Waals surface area contributed by atoms with Gasteiger partial charge in [-0.25, -0.2) is 8.93 Å². The molecule has 24 heavy (non-hydrogen) atoms. The second-order valence-corrected chi connectivity index (χ2v) is 9.99. The van der Waals surface area contributed by atoms with Gasteiger partial charge >= 0.3 is 0 Å². The fourth-order valence-electron chi connectivity index (χ4n) is 4.00. The van der Waals surface area contributed by atoms with Gasteiger partial charge in [-0.15, -0.1) is 0 Å². The van der Waals surface area contributed by atoms with Crippen LogP contribution in [0.15, 0.2) is 24.5 Å². The molecule has 2 saturated heterocycles. The van der Waals surface area contributed by atoms with Gasteiger partial charge in [-0.3, -0.25) is 9.78 Å². The van der Waals surface area contributed by atoms with Gasteiger partial charge in [-0.2, -0.15) is 0 Å². The minimum atomic E-state index is -1.21. The Morgan fingerprint density at radius 2 is 1.88 bits per heavy atom. The standard InChI is InChI=1S/C18H27N3O2S/c1-17(2,3)24(23)20-15(13-7-11-19-12-8-13)18-9-5-14(6-10-18)16(22)21(18)4/h7-8,11-12,14-15,20H,5-6,9-10H2,1-4H3/t14?,15-,18?,24-/m1/s1. The molecule has 0 radical (unpaired) electrons. The topological polar surface area (TPSA) is 62.3 Å². The highest BCUT2D eigenvalue weighted by atomic mass is 32.2. The monoisotopic (exact) mass is 349 g/mol. The minimum absolute atomic E-state index is 0.157. The molecule has 4 rings (SSSR count). The van der Waals surface area contributed by atoms with Crippen LogP contribution >= 0.6 is 0 Å². The number of rotatable bonds is 4. The van der Waals surface area contributed by atoms with Gasteiger partial charge in [0.05, 0.1) is 27.3 Å². The first-order valence-corrected chi connectivity index (χ1v) is 9.76. The molecule has 5 nitrogen and oxygen atoms in total. The van der Waals surface area contributed by atoms with Crippen molar-refractivity contribution in [1.82, 2.24) is 14.6 Å². The largest absolute Gasteiger partial charge is 0.338 e. The van der Waals surface area contributed by atoms with E-state index in [0.29, 0.717) is 0 Å².